The van der Waals surface area contributed by atoms with Crippen LogP contribution in [-0.2, 0) is 9.59 Å². The number of nitrogens with one attached hydrogen (secondary N) is 2. The number of aliphatic carboxylic acids is 2. The quantitative estimate of drug-likeness (QED) is 0.267. The molecule has 0 radical (unpaired) electrons. The van der Waals surface area contributed by atoms with Crippen LogP contribution < -0.4 is 16.4 Å². The van der Waals surface area contributed by atoms with E-state index in [2.05, 4.69) is 15.6 Å². The van der Waals surface area contributed by atoms with Crippen LogP contribution in [0.2, 0.25) is 0 Å². The van der Waals surface area contributed by atoms with Crippen molar-refractivity contribution < 1.29 is 34.8 Å². The second kappa shape index (κ2) is 10.0. The summed E-state index contributed by atoms with van der Waals surface area (Å²) in [6, 6.07) is -3.87. The molecule has 0 fully saturated rings. The summed E-state index contributed by atoms with van der Waals surface area (Å²) in [4.78, 5) is 38.6. The molecular formula is C14H22N4O7S. The molecule has 1 rings (SSSR count). The van der Waals surface area contributed by atoms with Gasteiger partial charge in [-0.05, 0) is 13.3 Å². The van der Waals surface area contributed by atoms with Gasteiger partial charge < -0.3 is 36.8 Å². The lowest BCUT2D eigenvalue weighted by Gasteiger charge is -2.20. The first kappa shape index (κ1) is 21.8. The Morgan fingerprint density at radius 1 is 1.31 bits per heavy atom. The van der Waals surface area contributed by atoms with Gasteiger partial charge in [-0.15, -0.1) is 11.3 Å². The van der Waals surface area contributed by atoms with Crippen molar-refractivity contribution in [1.29, 1.82) is 0 Å². The molecule has 26 heavy (non-hydrogen) atoms. The van der Waals surface area contributed by atoms with Gasteiger partial charge in [0.25, 0.3) is 0 Å². The molecular weight excluding hydrogens is 368 g/mol. The van der Waals surface area contributed by atoms with Gasteiger partial charge in [0.15, 0.2) is 6.04 Å². The minimum Gasteiger partial charge on any atom is -0.481 e. The molecule has 12 heteroatoms. The summed E-state index contributed by atoms with van der Waals surface area (Å²) >= 11 is 1.10. The van der Waals surface area contributed by atoms with Crippen LogP contribution in [0.1, 0.15) is 41.7 Å². The minimum atomic E-state index is -1.52. The largest absolute Gasteiger partial charge is 0.481 e. The number of amides is 2. The van der Waals surface area contributed by atoms with E-state index in [9.17, 15) is 19.5 Å². The first-order valence-electron chi connectivity index (χ1n) is 7.67. The number of aromatic nitrogens is 1. The highest BCUT2D eigenvalue weighted by molar-refractivity contribution is 7.11. The van der Waals surface area contributed by atoms with Crippen LogP contribution in [0, 0.1) is 0 Å². The van der Waals surface area contributed by atoms with Crippen molar-refractivity contribution in [3.63, 3.8) is 0 Å². The molecule has 0 aliphatic carbocycles. The van der Waals surface area contributed by atoms with E-state index in [4.69, 9.17) is 21.1 Å². The molecule has 2 amide bonds. The number of aliphatic hydroxyl groups excluding tert-OH is 2. The van der Waals surface area contributed by atoms with E-state index >= 15 is 0 Å². The van der Waals surface area contributed by atoms with Gasteiger partial charge in [-0.3, -0.25) is 4.79 Å². The standard InChI is InChI=1S/C14H22N4O7S/c1-6(20)11(13(23)24)18-14(25)17-8(2-3-10(21)22)12-16-4-9(26-12)7(15)5-19/h4,6-8,11,19-20H,2-3,5,15H2,1H3,(H,21,22)(H,23,24)(H2,17,18,25). The van der Waals surface area contributed by atoms with E-state index in [-0.39, 0.29) is 19.4 Å². The summed E-state index contributed by atoms with van der Waals surface area (Å²) in [7, 11) is 0. The van der Waals surface area contributed by atoms with Crippen molar-refractivity contribution in [2.75, 3.05) is 6.61 Å². The normalized spacial score (nSPS) is 15.5. The van der Waals surface area contributed by atoms with Crippen molar-refractivity contribution in [2.24, 2.45) is 5.73 Å². The maximum Gasteiger partial charge on any atom is 0.328 e. The Labute approximate surface area is 152 Å². The first-order valence-corrected chi connectivity index (χ1v) is 8.49. The number of thiazole rings is 1. The SMILES string of the molecule is CC(O)C(NC(=O)NC(CCC(=O)O)c1ncc(C(N)CO)s1)C(=O)O. The maximum absolute atomic E-state index is 12.1. The molecule has 8 N–H and O–H groups in total. The molecule has 1 heterocycles. The van der Waals surface area contributed by atoms with E-state index < -0.39 is 42.2 Å². The van der Waals surface area contributed by atoms with Crippen LogP contribution in [0.4, 0.5) is 4.79 Å². The van der Waals surface area contributed by atoms with Crippen molar-refractivity contribution in [3.05, 3.63) is 16.1 Å². The van der Waals surface area contributed by atoms with Crippen molar-refractivity contribution >= 4 is 29.3 Å². The summed E-state index contributed by atoms with van der Waals surface area (Å²) < 4.78 is 0. The molecule has 146 valence electrons. The zero-order valence-corrected chi connectivity index (χ0v) is 14.8. The number of hydrogen-bond donors (Lipinski definition) is 7. The molecule has 4 atom stereocenters. The summed E-state index contributed by atoms with van der Waals surface area (Å²) in [6.45, 7) is 0.911. The molecule has 4 unspecified atom stereocenters. The fourth-order valence-corrected chi connectivity index (χ4v) is 2.98. The van der Waals surface area contributed by atoms with Crippen LogP contribution in [-0.4, -0.2) is 62.1 Å². The van der Waals surface area contributed by atoms with E-state index in [1.807, 2.05) is 0 Å². The van der Waals surface area contributed by atoms with E-state index in [1.165, 1.54) is 13.1 Å². The van der Waals surface area contributed by atoms with Crippen LogP contribution >= 0.6 is 11.3 Å². The Hall–Kier alpha value is -2.28. The smallest absolute Gasteiger partial charge is 0.328 e. The maximum atomic E-state index is 12.1. The van der Waals surface area contributed by atoms with Gasteiger partial charge in [0.1, 0.15) is 5.01 Å². The number of carbonyl (C=O) groups excluding carboxylic acids is 1. The number of carbonyl (C=O) groups is 3. The third kappa shape index (κ3) is 6.55. The van der Waals surface area contributed by atoms with Gasteiger partial charge in [-0.25, -0.2) is 14.6 Å². The molecule has 11 nitrogen and oxygen atoms in total. The monoisotopic (exact) mass is 390 g/mol. The zero-order chi connectivity index (χ0) is 19.9. The average molecular weight is 390 g/mol. The molecule has 1 aromatic rings. The number of nitrogens with two attached hydrogens (primary N) is 1. The van der Waals surface area contributed by atoms with Gasteiger partial charge in [0.05, 0.1) is 24.8 Å². The lowest BCUT2D eigenvalue weighted by Crippen LogP contribution is -2.51. The number of nitrogens with zero attached hydrogens (tertiary/aromatic N) is 1. The number of carboxylic acids is 2. The number of urea groups is 1. The zero-order valence-electron chi connectivity index (χ0n) is 14.0. The van der Waals surface area contributed by atoms with Crippen LogP contribution in [0.5, 0.6) is 0 Å². The fraction of sp³-hybridized carbons (Fsp3) is 0.571. The number of rotatable bonds is 10. The molecule has 0 bridgehead atoms. The summed E-state index contributed by atoms with van der Waals surface area (Å²) in [6.07, 6.45) is -0.157. The third-order valence-electron chi connectivity index (χ3n) is 3.39. The van der Waals surface area contributed by atoms with E-state index in [1.54, 1.807) is 0 Å². The van der Waals surface area contributed by atoms with Gasteiger partial charge in [-0.1, -0.05) is 0 Å². The van der Waals surface area contributed by atoms with Gasteiger partial charge in [-0.2, -0.15) is 0 Å². The average Bonchev–Trinajstić information content (AvgIpc) is 3.04. The molecule has 0 saturated carbocycles. The number of carboxylic acid groups (broad SMARTS) is 2. The summed E-state index contributed by atoms with van der Waals surface area (Å²) in [5, 5.41) is 41.2. The van der Waals surface area contributed by atoms with Crippen LogP contribution in [0.3, 0.4) is 0 Å². The molecule has 0 saturated heterocycles. The summed E-state index contributed by atoms with van der Waals surface area (Å²) in [5.41, 5.74) is 5.70. The Bertz CT molecular complexity index is 637. The lowest BCUT2D eigenvalue weighted by molar-refractivity contribution is -0.141. The number of hydrogen-bond acceptors (Lipinski definition) is 8. The predicted octanol–water partition coefficient (Wildman–Crippen LogP) is -0.826. The topological polar surface area (TPSA) is 195 Å². The Balaban J connectivity index is 2.89. The molecule has 1 aromatic heterocycles. The Morgan fingerprint density at radius 2 is 1.96 bits per heavy atom. The predicted molar refractivity (Wildman–Crippen MR) is 90.5 cm³/mol. The minimum absolute atomic E-state index is 0.0104. The van der Waals surface area contributed by atoms with Gasteiger partial charge in [0, 0.05) is 17.5 Å². The first-order chi connectivity index (χ1) is 12.1. The Morgan fingerprint density at radius 3 is 2.46 bits per heavy atom. The lowest BCUT2D eigenvalue weighted by atomic mass is 10.1. The second-order valence-electron chi connectivity index (χ2n) is 5.55. The van der Waals surface area contributed by atoms with Crippen LogP contribution in [0.15, 0.2) is 6.20 Å². The molecule has 0 aliphatic rings. The highest BCUT2D eigenvalue weighted by Gasteiger charge is 2.27. The third-order valence-corrected chi connectivity index (χ3v) is 4.63. The molecule has 0 aromatic carbocycles. The van der Waals surface area contributed by atoms with E-state index in [0.29, 0.717) is 9.88 Å². The second-order valence-corrected chi connectivity index (χ2v) is 6.64. The van der Waals surface area contributed by atoms with Crippen molar-refractivity contribution in [1.82, 2.24) is 15.6 Å². The van der Waals surface area contributed by atoms with Gasteiger partial charge >= 0.3 is 18.0 Å². The highest BCUT2D eigenvalue weighted by atomic mass is 32.1. The molecule has 0 spiro atoms. The van der Waals surface area contributed by atoms with Crippen molar-refractivity contribution in [3.8, 4) is 0 Å². The Kier molecular flexibility index (Phi) is 8.38. The van der Waals surface area contributed by atoms with Gasteiger partial charge in [0.2, 0.25) is 0 Å². The highest BCUT2D eigenvalue weighted by Crippen LogP contribution is 2.26. The molecule has 0 aliphatic heterocycles. The number of aliphatic hydroxyl groups is 2. The van der Waals surface area contributed by atoms with Crippen LogP contribution in [0.25, 0.3) is 0 Å². The van der Waals surface area contributed by atoms with Crippen molar-refractivity contribution in [2.45, 2.75) is 44.0 Å². The summed E-state index contributed by atoms with van der Waals surface area (Å²) in [5.74, 6) is -2.49. The fourth-order valence-electron chi connectivity index (χ4n) is 1.98. The van der Waals surface area contributed by atoms with E-state index in [0.717, 1.165) is 11.3 Å².